The highest BCUT2D eigenvalue weighted by molar-refractivity contribution is 5.73. The SMILES string of the molecule is C=Cc1c2[nH]c(c1C)/C=C1\NC(Cc3[nH]c(c(CCC(=O)O)c3C)/C=c3\[nH]/c(c(C)c3CCC(=O)O)=C\2)C(C)=C1CC. The lowest BCUT2D eigenvalue weighted by Crippen LogP contribution is -2.26. The lowest BCUT2D eigenvalue weighted by Gasteiger charge is -2.14. The van der Waals surface area contributed by atoms with Crippen molar-refractivity contribution < 1.29 is 19.8 Å². The number of carboxylic acid groups (broad SMARTS) is 2. The standard InChI is InChI=1S/C34H40N4O4/c1-7-21-17(3)25-13-26-19(5)23(9-11-33(39)40)31(37-26)16-32-24(10-12-34(41)42)20(6)28(38-32)15-30-22(8-2)18(4)27(36-30)14-29(21)35-25/h8,14-16,25,35-38H,2,7,9-13H2,1,3-6H3,(H,39,40)(H,41,42)/b28-15-,29-14-,32-16-. The van der Waals surface area contributed by atoms with Crippen LogP contribution in [0.5, 0.6) is 0 Å². The summed E-state index contributed by atoms with van der Waals surface area (Å²) in [5.41, 5.74) is 13.7. The maximum Gasteiger partial charge on any atom is 0.303 e. The first-order valence-electron chi connectivity index (χ1n) is 14.6. The van der Waals surface area contributed by atoms with E-state index in [-0.39, 0.29) is 18.9 Å². The van der Waals surface area contributed by atoms with Gasteiger partial charge in [0.15, 0.2) is 0 Å². The Morgan fingerprint density at radius 1 is 0.857 bits per heavy atom. The van der Waals surface area contributed by atoms with Crippen LogP contribution in [0.3, 0.4) is 0 Å². The minimum atomic E-state index is -0.852. The van der Waals surface area contributed by atoms with Crippen LogP contribution in [0.25, 0.3) is 24.3 Å². The minimum absolute atomic E-state index is 0.00973. The molecule has 2 aliphatic heterocycles. The Morgan fingerprint density at radius 2 is 1.52 bits per heavy atom. The van der Waals surface area contributed by atoms with Crippen molar-refractivity contribution in [3.8, 4) is 0 Å². The monoisotopic (exact) mass is 568 g/mol. The summed E-state index contributed by atoms with van der Waals surface area (Å²) in [7, 11) is 0. The molecule has 1 atom stereocenters. The first-order valence-corrected chi connectivity index (χ1v) is 14.6. The number of aliphatic carboxylic acids is 2. The van der Waals surface area contributed by atoms with Crippen molar-refractivity contribution in [2.45, 2.75) is 79.2 Å². The number of hydrogen-bond donors (Lipinski definition) is 6. The Balaban J connectivity index is 1.82. The topological polar surface area (TPSA) is 134 Å². The Kier molecular flexibility index (Phi) is 7.91. The van der Waals surface area contributed by atoms with Crippen molar-refractivity contribution >= 4 is 36.2 Å². The number of hydrogen-bond acceptors (Lipinski definition) is 3. The molecule has 2 aliphatic rings. The summed E-state index contributed by atoms with van der Waals surface area (Å²) in [5.74, 6) is -1.69. The molecule has 3 aromatic rings. The van der Waals surface area contributed by atoms with Crippen LogP contribution in [0.1, 0.15) is 89.3 Å². The first kappa shape index (κ1) is 29.0. The van der Waals surface area contributed by atoms with Crippen molar-refractivity contribution in [1.29, 1.82) is 0 Å². The van der Waals surface area contributed by atoms with Crippen LogP contribution in [0.4, 0.5) is 0 Å². The van der Waals surface area contributed by atoms with Gasteiger partial charge in [-0.25, -0.2) is 0 Å². The van der Waals surface area contributed by atoms with Gasteiger partial charge in [-0.05, 0) is 104 Å². The fraction of sp³-hybridized carbons (Fsp3) is 0.353. The van der Waals surface area contributed by atoms with Gasteiger partial charge >= 0.3 is 11.9 Å². The second kappa shape index (κ2) is 11.4. The predicted molar refractivity (Wildman–Crippen MR) is 167 cm³/mol. The minimum Gasteiger partial charge on any atom is -0.481 e. The lowest BCUT2D eigenvalue weighted by atomic mass is 9.97. The molecule has 42 heavy (non-hydrogen) atoms. The Hall–Kier alpha value is -4.46. The van der Waals surface area contributed by atoms with E-state index in [9.17, 15) is 19.8 Å². The van der Waals surface area contributed by atoms with Gasteiger partial charge in [0.25, 0.3) is 0 Å². The van der Waals surface area contributed by atoms with Gasteiger partial charge in [-0.15, -0.1) is 0 Å². The summed E-state index contributed by atoms with van der Waals surface area (Å²) >= 11 is 0. The van der Waals surface area contributed by atoms with Crippen LogP contribution in [0.15, 0.2) is 23.4 Å². The molecule has 0 saturated heterocycles. The summed E-state index contributed by atoms with van der Waals surface area (Å²) < 4.78 is 0. The zero-order valence-electron chi connectivity index (χ0n) is 25.0. The zero-order valence-corrected chi connectivity index (χ0v) is 25.0. The maximum atomic E-state index is 11.6. The molecule has 0 amide bonds. The van der Waals surface area contributed by atoms with Gasteiger partial charge < -0.3 is 30.5 Å². The maximum absolute atomic E-state index is 11.6. The van der Waals surface area contributed by atoms with Gasteiger partial charge in [0.1, 0.15) is 0 Å². The van der Waals surface area contributed by atoms with Crippen molar-refractivity contribution in [1.82, 2.24) is 20.3 Å². The fourth-order valence-corrected chi connectivity index (χ4v) is 6.52. The highest BCUT2D eigenvalue weighted by Gasteiger charge is 2.27. The summed E-state index contributed by atoms with van der Waals surface area (Å²) in [4.78, 5) is 33.9. The van der Waals surface area contributed by atoms with Crippen LogP contribution < -0.4 is 16.0 Å². The number of aromatic amines is 3. The third-order valence-corrected chi connectivity index (χ3v) is 9.00. The van der Waals surface area contributed by atoms with Gasteiger partial charge in [0, 0.05) is 64.0 Å². The molecular formula is C34H40N4O4. The number of carboxylic acids is 2. The third-order valence-electron chi connectivity index (χ3n) is 9.00. The highest BCUT2D eigenvalue weighted by atomic mass is 16.4. The van der Waals surface area contributed by atoms with Crippen LogP contribution in [-0.4, -0.2) is 43.1 Å². The molecule has 0 spiro atoms. The zero-order chi connectivity index (χ0) is 30.3. The van der Waals surface area contributed by atoms with Crippen molar-refractivity contribution in [3.63, 3.8) is 0 Å². The number of nitrogens with one attached hydrogen (secondary N) is 4. The molecule has 0 radical (unpaired) electrons. The quantitative estimate of drug-likeness (QED) is 0.238. The first-order chi connectivity index (χ1) is 20.0. The van der Waals surface area contributed by atoms with Gasteiger partial charge in [-0.1, -0.05) is 19.6 Å². The summed E-state index contributed by atoms with van der Waals surface area (Å²) in [5, 5.41) is 24.4. The molecule has 3 aromatic heterocycles. The average molecular weight is 569 g/mol. The van der Waals surface area contributed by atoms with E-state index in [1.807, 2.05) is 19.1 Å². The average Bonchev–Trinajstić information content (AvgIpc) is 3.59. The van der Waals surface area contributed by atoms with Gasteiger partial charge in [-0.2, -0.15) is 0 Å². The fourth-order valence-electron chi connectivity index (χ4n) is 6.52. The molecule has 6 N–H and O–H groups in total. The van der Waals surface area contributed by atoms with Crippen molar-refractivity contribution in [3.05, 3.63) is 90.3 Å². The van der Waals surface area contributed by atoms with E-state index in [2.05, 4.69) is 66.7 Å². The van der Waals surface area contributed by atoms with Gasteiger partial charge in [0.2, 0.25) is 0 Å². The molecule has 0 aromatic carbocycles. The van der Waals surface area contributed by atoms with E-state index in [0.29, 0.717) is 12.8 Å². The van der Waals surface area contributed by atoms with E-state index < -0.39 is 11.9 Å². The molecule has 8 bridgehead atoms. The second-order valence-electron chi connectivity index (χ2n) is 11.4. The molecular weight excluding hydrogens is 528 g/mol. The van der Waals surface area contributed by atoms with E-state index in [4.69, 9.17) is 0 Å². The Labute approximate surface area is 245 Å². The van der Waals surface area contributed by atoms with E-state index in [1.54, 1.807) is 0 Å². The molecule has 1 unspecified atom stereocenters. The Morgan fingerprint density at radius 3 is 2.17 bits per heavy atom. The van der Waals surface area contributed by atoms with Crippen molar-refractivity contribution in [2.75, 3.05) is 0 Å². The molecule has 5 rings (SSSR count). The number of H-pyrrole nitrogens is 3. The summed E-state index contributed by atoms with van der Waals surface area (Å²) in [6.45, 7) is 14.6. The largest absolute Gasteiger partial charge is 0.481 e. The smallest absolute Gasteiger partial charge is 0.303 e. The van der Waals surface area contributed by atoms with Crippen LogP contribution in [-0.2, 0) is 28.9 Å². The van der Waals surface area contributed by atoms with E-state index in [1.165, 1.54) is 11.1 Å². The van der Waals surface area contributed by atoms with E-state index in [0.717, 1.165) is 85.4 Å². The van der Waals surface area contributed by atoms with Gasteiger partial charge in [0.05, 0.1) is 6.04 Å². The summed E-state index contributed by atoms with van der Waals surface area (Å²) in [6, 6.07) is 0.0993. The van der Waals surface area contributed by atoms with Gasteiger partial charge in [-0.3, -0.25) is 9.59 Å². The second-order valence-corrected chi connectivity index (χ2v) is 11.4. The normalized spacial score (nSPS) is 18.9. The van der Waals surface area contributed by atoms with Crippen LogP contribution in [0, 0.1) is 20.8 Å². The predicted octanol–water partition coefficient (Wildman–Crippen LogP) is 4.53. The lowest BCUT2D eigenvalue weighted by molar-refractivity contribution is -0.138. The van der Waals surface area contributed by atoms with Crippen LogP contribution in [0.2, 0.25) is 0 Å². The number of carbonyl (C=O) groups is 2. The number of rotatable bonds is 8. The molecule has 8 heteroatoms. The molecule has 0 fully saturated rings. The molecule has 0 saturated carbocycles. The molecule has 0 aliphatic carbocycles. The van der Waals surface area contributed by atoms with Crippen LogP contribution >= 0.6 is 0 Å². The number of aromatic nitrogens is 3. The number of fused-ring (bicyclic) bond motifs is 8. The highest BCUT2D eigenvalue weighted by Crippen LogP contribution is 2.33. The summed E-state index contributed by atoms with van der Waals surface area (Å²) in [6.07, 6.45) is 10.6. The Bertz CT molecular complexity index is 1790. The molecule has 8 nitrogen and oxygen atoms in total. The molecule has 220 valence electrons. The number of allylic oxidation sites excluding steroid dienone is 1. The van der Waals surface area contributed by atoms with E-state index >= 15 is 0 Å². The van der Waals surface area contributed by atoms with Crippen molar-refractivity contribution in [2.24, 2.45) is 0 Å². The third kappa shape index (κ3) is 5.29. The molecule has 5 heterocycles.